The molecule has 0 aliphatic rings. The van der Waals surface area contributed by atoms with Crippen LogP contribution in [0, 0.1) is 11.7 Å². The third kappa shape index (κ3) is 6.18. The highest BCUT2D eigenvalue weighted by molar-refractivity contribution is 5.76. The summed E-state index contributed by atoms with van der Waals surface area (Å²) in [5.41, 5.74) is 0.585. The van der Waals surface area contributed by atoms with Gasteiger partial charge in [-0.2, -0.15) is 5.10 Å². The molecular weight excluding hydrogens is 361 g/mol. The van der Waals surface area contributed by atoms with E-state index in [9.17, 15) is 14.0 Å². The number of carbonyl (C=O) groups excluding carboxylic acids is 1. The van der Waals surface area contributed by atoms with Crippen molar-refractivity contribution < 1.29 is 13.9 Å². The van der Waals surface area contributed by atoms with Gasteiger partial charge in [-0.1, -0.05) is 26.7 Å². The Morgan fingerprint density at radius 2 is 1.96 bits per heavy atom. The Balaban J connectivity index is 2.09. The van der Waals surface area contributed by atoms with E-state index in [1.54, 1.807) is 0 Å². The summed E-state index contributed by atoms with van der Waals surface area (Å²) < 4.78 is 19.7. The van der Waals surface area contributed by atoms with Crippen LogP contribution in [0.2, 0.25) is 0 Å². The Labute approximate surface area is 164 Å². The number of rotatable bonds is 9. The number of nitrogens with zero attached hydrogens (tertiary/aromatic N) is 2. The van der Waals surface area contributed by atoms with Crippen molar-refractivity contribution in [2.45, 2.75) is 52.6 Å². The molecule has 6 nitrogen and oxygen atoms in total. The molecule has 28 heavy (non-hydrogen) atoms. The van der Waals surface area contributed by atoms with Crippen molar-refractivity contribution in [1.82, 2.24) is 15.1 Å². The van der Waals surface area contributed by atoms with E-state index in [1.165, 1.54) is 37.4 Å². The Hall–Kier alpha value is -2.70. The van der Waals surface area contributed by atoms with Crippen molar-refractivity contribution >= 4 is 5.91 Å². The SMILES string of the molecule is COc1cc(F)ccc1-c1ccc(=O)n(CC(=O)NC(C)CCCC(C)C)n1. The molecule has 1 aromatic heterocycles. The lowest BCUT2D eigenvalue weighted by Crippen LogP contribution is -2.38. The summed E-state index contributed by atoms with van der Waals surface area (Å²) in [6.07, 6.45) is 3.04. The Kier molecular flexibility index (Phi) is 7.72. The van der Waals surface area contributed by atoms with Crippen LogP contribution in [0.5, 0.6) is 5.75 Å². The second-order valence-corrected chi connectivity index (χ2v) is 7.35. The van der Waals surface area contributed by atoms with Gasteiger partial charge in [0.2, 0.25) is 5.91 Å². The molecule has 0 fully saturated rings. The van der Waals surface area contributed by atoms with Crippen molar-refractivity contribution in [1.29, 1.82) is 0 Å². The van der Waals surface area contributed by atoms with E-state index in [0.717, 1.165) is 23.9 Å². The molecule has 7 heteroatoms. The summed E-state index contributed by atoms with van der Waals surface area (Å²) in [6, 6.07) is 6.97. The summed E-state index contributed by atoms with van der Waals surface area (Å²) in [5.74, 6) is 0.243. The minimum Gasteiger partial charge on any atom is -0.496 e. The topological polar surface area (TPSA) is 73.2 Å². The number of ether oxygens (including phenoxy) is 1. The number of amides is 1. The van der Waals surface area contributed by atoms with Crippen molar-refractivity contribution in [3.05, 3.63) is 46.5 Å². The van der Waals surface area contributed by atoms with E-state index >= 15 is 0 Å². The first kappa shape index (κ1) is 21.6. The molecule has 2 aromatic rings. The molecule has 0 spiro atoms. The number of benzene rings is 1. The largest absolute Gasteiger partial charge is 0.496 e. The molecule has 152 valence electrons. The number of hydrogen-bond donors (Lipinski definition) is 1. The first-order chi connectivity index (χ1) is 13.3. The Morgan fingerprint density at radius 3 is 2.64 bits per heavy atom. The number of hydrogen-bond acceptors (Lipinski definition) is 4. The van der Waals surface area contributed by atoms with Gasteiger partial charge >= 0.3 is 0 Å². The van der Waals surface area contributed by atoms with Gasteiger partial charge in [0.05, 0.1) is 12.8 Å². The lowest BCUT2D eigenvalue weighted by molar-refractivity contribution is -0.122. The second-order valence-electron chi connectivity index (χ2n) is 7.35. The van der Waals surface area contributed by atoms with Gasteiger partial charge in [-0.3, -0.25) is 9.59 Å². The van der Waals surface area contributed by atoms with E-state index < -0.39 is 5.82 Å². The van der Waals surface area contributed by atoms with Gasteiger partial charge < -0.3 is 10.1 Å². The smallest absolute Gasteiger partial charge is 0.267 e. The Bertz CT molecular complexity index is 864. The summed E-state index contributed by atoms with van der Waals surface area (Å²) in [5, 5.41) is 7.16. The van der Waals surface area contributed by atoms with E-state index in [2.05, 4.69) is 24.3 Å². The third-order valence-corrected chi connectivity index (χ3v) is 4.43. The number of methoxy groups -OCH3 is 1. The monoisotopic (exact) mass is 389 g/mol. The van der Waals surface area contributed by atoms with Crippen LogP contribution in [0.3, 0.4) is 0 Å². The Morgan fingerprint density at radius 1 is 1.21 bits per heavy atom. The average molecular weight is 389 g/mol. The number of nitrogens with one attached hydrogen (secondary N) is 1. The van der Waals surface area contributed by atoms with Gasteiger partial charge in [-0.15, -0.1) is 0 Å². The molecule has 1 atom stereocenters. The van der Waals surface area contributed by atoms with Crippen LogP contribution in [0.15, 0.2) is 35.1 Å². The zero-order valence-electron chi connectivity index (χ0n) is 16.9. The molecule has 1 unspecified atom stereocenters. The standard InChI is InChI=1S/C21H28FN3O3/c1-14(2)6-5-7-15(3)23-20(26)13-25-21(27)11-10-18(24-25)17-9-8-16(22)12-19(17)28-4/h8-12,14-15H,5-7,13H2,1-4H3,(H,23,26). The molecule has 1 aromatic carbocycles. The van der Waals surface area contributed by atoms with Crippen LogP contribution in [0.1, 0.15) is 40.0 Å². The number of halogens is 1. The second kappa shape index (κ2) is 10.0. The average Bonchev–Trinajstić information content (AvgIpc) is 2.63. The molecule has 0 aliphatic heterocycles. The van der Waals surface area contributed by atoms with Crippen LogP contribution < -0.4 is 15.6 Å². The molecule has 0 bridgehead atoms. The molecule has 1 heterocycles. The maximum atomic E-state index is 13.4. The predicted molar refractivity (Wildman–Crippen MR) is 107 cm³/mol. The lowest BCUT2D eigenvalue weighted by Gasteiger charge is -2.15. The molecule has 2 rings (SSSR count). The summed E-state index contributed by atoms with van der Waals surface area (Å²) in [7, 11) is 1.43. The van der Waals surface area contributed by atoms with Crippen LogP contribution in [0.25, 0.3) is 11.3 Å². The summed E-state index contributed by atoms with van der Waals surface area (Å²) in [4.78, 5) is 24.4. The van der Waals surface area contributed by atoms with Gasteiger partial charge in [-0.25, -0.2) is 9.07 Å². The van der Waals surface area contributed by atoms with Crippen molar-refractivity contribution in [2.75, 3.05) is 7.11 Å². The molecular formula is C21H28FN3O3. The van der Waals surface area contributed by atoms with Gasteiger partial charge in [0.25, 0.3) is 5.56 Å². The maximum absolute atomic E-state index is 13.4. The lowest BCUT2D eigenvalue weighted by atomic mass is 10.0. The highest BCUT2D eigenvalue weighted by Crippen LogP contribution is 2.28. The van der Waals surface area contributed by atoms with E-state index in [-0.39, 0.29) is 24.1 Å². The molecule has 0 radical (unpaired) electrons. The van der Waals surface area contributed by atoms with E-state index in [0.29, 0.717) is 22.9 Å². The van der Waals surface area contributed by atoms with Crippen molar-refractivity contribution in [3.63, 3.8) is 0 Å². The van der Waals surface area contributed by atoms with Gasteiger partial charge in [0.1, 0.15) is 18.1 Å². The first-order valence-electron chi connectivity index (χ1n) is 9.51. The molecule has 1 N–H and O–H groups in total. The number of carbonyl (C=O) groups is 1. The third-order valence-electron chi connectivity index (χ3n) is 4.43. The van der Waals surface area contributed by atoms with Gasteiger partial charge in [0, 0.05) is 23.7 Å². The normalized spacial score (nSPS) is 12.1. The molecule has 0 saturated carbocycles. The maximum Gasteiger partial charge on any atom is 0.267 e. The summed E-state index contributed by atoms with van der Waals surface area (Å²) in [6.45, 7) is 6.12. The molecule has 0 aliphatic carbocycles. The highest BCUT2D eigenvalue weighted by atomic mass is 19.1. The number of aromatic nitrogens is 2. The van der Waals surface area contributed by atoms with Crippen molar-refractivity contribution in [2.24, 2.45) is 5.92 Å². The van der Waals surface area contributed by atoms with Crippen molar-refractivity contribution in [3.8, 4) is 17.0 Å². The van der Waals surface area contributed by atoms with Gasteiger partial charge in [-0.05, 0) is 37.5 Å². The fourth-order valence-corrected chi connectivity index (χ4v) is 2.94. The fourth-order valence-electron chi connectivity index (χ4n) is 2.94. The molecule has 0 saturated heterocycles. The summed E-state index contributed by atoms with van der Waals surface area (Å²) >= 11 is 0. The highest BCUT2D eigenvalue weighted by Gasteiger charge is 2.13. The first-order valence-corrected chi connectivity index (χ1v) is 9.51. The minimum absolute atomic E-state index is 0.0299. The minimum atomic E-state index is -0.431. The van der Waals surface area contributed by atoms with Crippen LogP contribution >= 0.6 is 0 Å². The quantitative estimate of drug-likeness (QED) is 0.713. The molecule has 1 amide bonds. The zero-order chi connectivity index (χ0) is 20.7. The van der Waals surface area contributed by atoms with Crippen LogP contribution in [-0.4, -0.2) is 28.8 Å². The van der Waals surface area contributed by atoms with E-state index in [1.807, 2.05) is 6.92 Å². The fraction of sp³-hybridized carbons (Fsp3) is 0.476. The van der Waals surface area contributed by atoms with Crippen LogP contribution in [-0.2, 0) is 11.3 Å². The predicted octanol–water partition coefficient (Wildman–Crippen LogP) is 3.39. The zero-order valence-corrected chi connectivity index (χ0v) is 16.9. The van der Waals surface area contributed by atoms with E-state index in [4.69, 9.17) is 4.74 Å². The van der Waals surface area contributed by atoms with Crippen LogP contribution in [0.4, 0.5) is 4.39 Å². The van der Waals surface area contributed by atoms with Gasteiger partial charge in [0.15, 0.2) is 0 Å².